The van der Waals surface area contributed by atoms with Gasteiger partial charge in [-0.05, 0) is 59.1 Å². The third-order valence-electron chi connectivity index (χ3n) is 7.72. The van der Waals surface area contributed by atoms with Gasteiger partial charge in [0.25, 0.3) is 0 Å². The maximum absolute atomic E-state index is 5.89. The third-order valence-corrected chi connectivity index (χ3v) is 7.72. The smallest absolute Gasteiger partial charge is 0.120 e. The summed E-state index contributed by atoms with van der Waals surface area (Å²) in [6.07, 6.45) is 5.52. The van der Waals surface area contributed by atoms with Crippen LogP contribution in [0.15, 0.2) is 162 Å². The summed E-state index contributed by atoms with van der Waals surface area (Å²) in [6, 6.07) is 56.1. The van der Waals surface area contributed by atoms with Gasteiger partial charge in [0, 0.05) is 37.9 Å². The van der Waals surface area contributed by atoms with E-state index in [1.807, 2.05) is 73.1 Å². The molecular weight excluding hydrogens is 741 g/mol. The molecule has 0 bridgehead atoms. The van der Waals surface area contributed by atoms with Crippen LogP contribution in [0.3, 0.4) is 0 Å². The van der Waals surface area contributed by atoms with Gasteiger partial charge < -0.3 is 14.4 Å². The fourth-order valence-corrected chi connectivity index (χ4v) is 5.51. The Kier molecular flexibility index (Phi) is 9.90. The quantitative estimate of drug-likeness (QED) is 0.158. The zero-order valence-electron chi connectivity index (χ0n) is 25.1. The number of benzene rings is 5. The van der Waals surface area contributed by atoms with Crippen molar-refractivity contribution in [2.75, 3.05) is 0 Å². The zero-order chi connectivity index (χ0) is 30.3. The van der Waals surface area contributed by atoms with E-state index >= 15 is 0 Å². The van der Waals surface area contributed by atoms with Gasteiger partial charge in [-0.15, -0.1) is 59.2 Å². The molecule has 8 aromatic rings. The average molecular weight is 771 g/mol. The fraction of sp³-hybridized carbons (Fsp3) is 0.0476. The standard InChI is InChI=1S/C24H16NO.C18H14N.Ir/c1-2-6-17(7-3-1)14-18-12-13-25-22(15-18)19-10-11-24-21(16-19)20-8-4-5-9-23(20)26-24;1-2-7-15(8-3-1)13-16-9-6-10-17(14-16)18-11-4-5-12-19-18;/h1-9,11-13,15-16H,14H2;1-9,11-12,14H,13H2;/q2*-1;. The summed E-state index contributed by atoms with van der Waals surface area (Å²) >= 11 is 0. The number of nitrogens with zero attached hydrogens (tertiary/aromatic N) is 2. The van der Waals surface area contributed by atoms with Gasteiger partial charge >= 0.3 is 0 Å². The van der Waals surface area contributed by atoms with Crippen molar-refractivity contribution in [2.45, 2.75) is 12.8 Å². The van der Waals surface area contributed by atoms with Crippen LogP contribution in [-0.2, 0) is 32.9 Å². The van der Waals surface area contributed by atoms with Gasteiger partial charge in [0.05, 0.1) is 5.58 Å². The van der Waals surface area contributed by atoms with Crippen molar-refractivity contribution >= 4 is 21.9 Å². The Morgan fingerprint density at radius 3 is 1.87 bits per heavy atom. The first-order valence-corrected chi connectivity index (χ1v) is 15.1. The molecule has 5 aromatic carbocycles. The molecule has 0 aliphatic carbocycles. The number of fused-ring (bicyclic) bond motifs is 3. The van der Waals surface area contributed by atoms with Crippen LogP contribution in [0.25, 0.3) is 44.5 Å². The van der Waals surface area contributed by atoms with Crippen molar-refractivity contribution in [3.63, 3.8) is 0 Å². The van der Waals surface area contributed by atoms with E-state index in [0.717, 1.165) is 57.3 Å². The van der Waals surface area contributed by atoms with Gasteiger partial charge in [-0.3, -0.25) is 0 Å². The van der Waals surface area contributed by atoms with Crippen molar-refractivity contribution in [3.05, 3.63) is 192 Å². The van der Waals surface area contributed by atoms with Crippen LogP contribution >= 0.6 is 0 Å². The van der Waals surface area contributed by atoms with E-state index in [9.17, 15) is 0 Å². The van der Waals surface area contributed by atoms with Crippen molar-refractivity contribution in [1.82, 2.24) is 9.97 Å². The van der Waals surface area contributed by atoms with Crippen LogP contribution < -0.4 is 0 Å². The van der Waals surface area contributed by atoms with E-state index in [4.69, 9.17) is 4.42 Å². The van der Waals surface area contributed by atoms with E-state index in [1.165, 1.54) is 22.3 Å². The van der Waals surface area contributed by atoms with Gasteiger partial charge in [-0.25, -0.2) is 0 Å². The number of furan rings is 1. The van der Waals surface area contributed by atoms with Crippen LogP contribution in [0.4, 0.5) is 0 Å². The summed E-state index contributed by atoms with van der Waals surface area (Å²) in [5, 5.41) is 2.22. The molecular formula is C42H30IrN2O-2. The van der Waals surface area contributed by atoms with Crippen LogP contribution in [0.2, 0.25) is 0 Å². The Labute approximate surface area is 283 Å². The molecule has 0 aliphatic rings. The predicted molar refractivity (Wildman–Crippen MR) is 183 cm³/mol. The molecule has 3 aromatic heterocycles. The molecule has 0 saturated heterocycles. The van der Waals surface area contributed by atoms with Crippen LogP contribution in [0, 0.1) is 12.1 Å². The number of aromatic nitrogens is 2. The molecule has 3 heterocycles. The Balaban J connectivity index is 0.000000166. The zero-order valence-corrected chi connectivity index (χ0v) is 27.5. The monoisotopic (exact) mass is 771 g/mol. The second-order valence-corrected chi connectivity index (χ2v) is 10.9. The largest absolute Gasteiger partial charge is 0.500 e. The SMILES string of the molecule is [Ir].[c-]1cc2oc3ccccc3c2cc1-c1cc(Cc2ccccc2)ccn1.[c-]1ccc(Cc2ccccc2)cc1-c1ccccn1. The summed E-state index contributed by atoms with van der Waals surface area (Å²) < 4.78 is 5.89. The second kappa shape index (κ2) is 14.8. The van der Waals surface area contributed by atoms with E-state index in [0.29, 0.717) is 0 Å². The van der Waals surface area contributed by atoms with E-state index in [-0.39, 0.29) is 20.1 Å². The maximum Gasteiger partial charge on any atom is 0.120 e. The Morgan fingerprint density at radius 1 is 0.478 bits per heavy atom. The van der Waals surface area contributed by atoms with Crippen molar-refractivity contribution in [2.24, 2.45) is 0 Å². The molecule has 0 atom stereocenters. The van der Waals surface area contributed by atoms with Crippen molar-refractivity contribution < 1.29 is 24.5 Å². The number of rotatable bonds is 6. The molecule has 0 N–H and O–H groups in total. The van der Waals surface area contributed by atoms with Gasteiger partial charge in [0.2, 0.25) is 0 Å². The molecule has 0 amide bonds. The first kappa shape index (κ1) is 30.9. The minimum absolute atomic E-state index is 0. The normalized spacial score (nSPS) is 10.6. The second-order valence-electron chi connectivity index (χ2n) is 10.9. The Morgan fingerprint density at radius 2 is 1.13 bits per heavy atom. The molecule has 4 heteroatoms. The fourth-order valence-electron chi connectivity index (χ4n) is 5.51. The Hall–Kier alpha value is -5.15. The molecule has 46 heavy (non-hydrogen) atoms. The number of hydrogen-bond acceptors (Lipinski definition) is 3. The van der Waals surface area contributed by atoms with Gasteiger partial charge in [-0.1, -0.05) is 102 Å². The van der Waals surface area contributed by atoms with Gasteiger partial charge in [0.1, 0.15) is 5.58 Å². The van der Waals surface area contributed by atoms with Crippen LogP contribution in [-0.4, -0.2) is 9.97 Å². The maximum atomic E-state index is 5.89. The molecule has 225 valence electrons. The molecule has 0 aliphatic heterocycles. The van der Waals surface area contributed by atoms with E-state index < -0.39 is 0 Å². The van der Waals surface area contributed by atoms with Gasteiger partial charge in [0.15, 0.2) is 0 Å². The van der Waals surface area contributed by atoms with Crippen molar-refractivity contribution in [1.29, 1.82) is 0 Å². The molecule has 1 radical (unpaired) electrons. The molecule has 0 unspecified atom stereocenters. The average Bonchev–Trinajstić information content (AvgIpc) is 3.48. The Bertz CT molecular complexity index is 2160. The number of para-hydroxylation sites is 1. The predicted octanol–water partition coefficient (Wildman–Crippen LogP) is 10.2. The topological polar surface area (TPSA) is 38.9 Å². The first-order valence-electron chi connectivity index (χ1n) is 15.1. The third kappa shape index (κ3) is 7.38. The molecule has 3 nitrogen and oxygen atoms in total. The summed E-state index contributed by atoms with van der Waals surface area (Å²) in [6.45, 7) is 0. The number of hydrogen-bond donors (Lipinski definition) is 0. The molecule has 0 fully saturated rings. The van der Waals surface area contributed by atoms with E-state index in [2.05, 4.69) is 107 Å². The summed E-state index contributed by atoms with van der Waals surface area (Å²) in [5.41, 5.74) is 10.8. The molecule has 0 saturated carbocycles. The molecule has 0 spiro atoms. The van der Waals surface area contributed by atoms with Crippen molar-refractivity contribution in [3.8, 4) is 22.5 Å². The van der Waals surface area contributed by atoms with E-state index in [1.54, 1.807) is 0 Å². The minimum Gasteiger partial charge on any atom is -0.500 e. The van der Waals surface area contributed by atoms with Crippen LogP contribution in [0.1, 0.15) is 22.3 Å². The number of pyridine rings is 2. The summed E-state index contributed by atoms with van der Waals surface area (Å²) in [7, 11) is 0. The summed E-state index contributed by atoms with van der Waals surface area (Å²) in [5.74, 6) is 0. The first-order chi connectivity index (χ1) is 22.3. The summed E-state index contributed by atoms with van der Waals surface area (Å²) in [4.78, 5) is 8.93. The van der Waals surface area contributed by atoms with Gasteiger partial charge in [-0.2, -0.15) is 0 Å². The van der Waals surface area contributed by atoms with Crippen LogP contribution in [0.5, 0.6) is 0 Å². The molecule has 8 rings (SSSR count). The minimum atomic E-state index is 0.